The number of nitrogens with one attached hydrogen (secondary N) is 1. The fourth-order valence-electron chi connectivity index (χ4n) is 4.59. The van der Waals surface area contributed by atoms with Crippen molar-refractivity contribution in [2.24, 2.45) is 22.6 Å². The molecule has 1 aliphatic carbocycles. The van der Waals surface area contributed by atoms with Crippen molar-refractivity contribution in [3.05, 3.63) is 65.7 Å². The molecule has 3 unspecified atom stereocenters. The quantitative estimate of drug-likeness (QED) is 0.394. The van der Waals surface area contributed by atoms with E-state index in [2.05, 4.69) is 28.6 Å². The molecule has 2 aromatic rings. The van der Waals surface area contributed by atoms with E-state index < -0.39 is 40.9 Å². The number of benzene rings is 1. The van der Waals surface area contributed by atoms with Crippen molar-refractivity contribution in [1.29, 1.82) is 0 Å². The molecule has 33 heavy (non-hydrogen) atoms. The van der Waals surface area contributed by atoms with Crippen LogP contribution in [0, 0.1) is 17.7 Å². The summed E-state index contributed by atoms with van der Waals surface area (Å²) in [6.45, 7) is 8.01. The Hall–Kier alpha value is -2.88. The molecule has 1 saturated carbocycles. The van der Waals surface area contributed by atoms with E-state index in [1.807, 2.05) is 0 Å². The van der Waals surface area contributed by atoms with Crippen molar-refractivity contribution < 1.29 is 26.3 Å². The molecule has 3 rings (SSSR count). The maximum Gasteiger partial charge on any atom is 0.417 e. The average molecular weight is 470 g/mol. The summed E-state index contributed by atoms with van der Waals surface area (Å²) in [6.07, 6.45) is -3.59. The standard InChI is InChI=1S/C23H24F6N4/c1-13(20-7-4-14(12-32-20)23(27,28)29)33-15-5-6-19(24)17(10-15)22(31-3)9-8-16(18(22)11-30)21(2,25)26/h4-7,10,12,16,18,33H,1,3,8-9,11,30H2,2H3. The van der Waals surface area contributed by atoms with Crippen molar-refractivity contribution in [1.82, 2.24) is 4.98 Å². The van der Waals surface area contributed by atoms with Crippen molar-refractivity contribution in [3.63, 3.8) is 0 Å². The van der Waals surface area contributed by atoms with E-state index in [1.165, 1.54) is 12.1 Å². The Bertz CT molecular complexity index is 1030. The van der Waals surface area contributed by atoms with Crippen LogP contribution in [0.3, 0.4) is 0 Å². The van der Waals surface area contributed by atoms with Gasteiger partial charge in [-0.15, -0.1) is 0 Å². The third-order valence-electron chi connectivity index (χ3n) is 6.25. The van der Waals surface area contributed by atoms with Crippen molar-refractivity contribution >= 4 is 18.1 Å². The van der Waals surface area contributed by atoms with Gasteiger partial charge in [-0.05, 0) is 63.4 Å². The zero-order valence-corrected chi connectivity index (χ0v) is 17.9. The van der Waals surface area contributed by atoms with Gasteiger partial charge in [0, 0.05) is 29.3 Å². The number of nitrogens with two attached hydrogens (primary N) is 1. The maximum atomic E-state index is 14.9. The fourth-order valence-corrected chi connectivity index (χ4v) is 4.59. The molecule has 1 heterocycles. The second-order valence-electron chi connectivity index (χ2n) is 8.25. The predicted molar refractivity (Wildman–Crippen MR) is 115 cm³/mol. The van der Waals surface area contributed by atoms with Gasteiger partial charge in [-0.25, -0.2) is 13.2 Å². The van der Waals surface area contributed by atoms with Crippen LogP contribution >= 0.6 is 0 Å². The molecular weight excluding hydrogens is 446 g/mol. The summed E-state index contributed by atoms with van der Waals surface area (Å²) in [5, 5.41) is 2.88. The van der Waals surface area contributed by atoms with Gasteiger partial charge in [0.15, 0.2) is 0 Å². The van der Waals surface area contributed by atoms with Gasteiger partial charge in [-0.2, -0.15) is 13.2 Å². The van der Waals surface area contributed by atoms with Crippen LogP contribution in [0.1, 0.15) is 36.6 Å². The number of anilines is 1. The predicted octanol–water partition coefficient (Wildman–Crippen LogP) is 5.86. The smallest absolute Gasteiger partial charge is 0.354 e. The van der Waals surface area contributed by atoms with Crippen LogP contribution in [0.2, 0.25) is 0 Å². The van der Waals surface area contributed by atoms with E-state index >= 15 is 0 Å². The van der Waals surface area contributed by atoms with E-state index in [-0.39, 0.29) is 36.3 Å². The Balaban J connectivity index is 1.92. The summed E-state index contributed by atoms with van der Waals surface area (Å²) in [5.74, 6) is -5.59. The lowest BCUT2D eigenvalue weighted by Gasteiger charge is -2.35. The third kappa shape index (κ3) is 4.75. The highest BCUT2D eigenvalue weighted by molar-refractivity contribution is 5.73. The van der Waals surface area contributed by atoms with E-state index in [0.29, 0.717) is 11.9 Å². The number of hydrogen-bond donors (Lipinski definition) is 2. The van der Waals surface area contributed by atoms with E-state index in [4.69, 9.17) is 5.73 Å². The van der Waals surface area contributed by atoms with Gasteiger partial charge in [-0.1, -0.05) is 6.58 Å². The van der Waals surface area contributed by atoms with E-state index in [9.17, 15) is 26.3 Å². The van der Waals surface area contributed by atoms with Gasteiger partial charge in [0.25, 0.3) is 0 Å². The highest BCUT2D eigenvalue weighted by atomic mass is 19.4. The fraction of sp³-hybridized carbons (Fsp3) is 0.391. The maximum absolute atomic E-state index is 14.9. The summed E-state index contributed by atoms with van der Waals surface area (Å²) in [7, 11) is 0. The van der Waals surface area contributed by atoms with Crippen molar-refractivity contribution in [2.75, 3.05) is 11.9 Å². The van der Waals surface area contributed by atoms with Crippen LogP contribution in [0.25, 0.3) is 5.70 Å². The number of rotatable bonds is 7. The van der Waals surface area contributed by atoms with Gasteiger partial charge in [0.1, 0.15) is 5.82 Å². The Morgan fingerprint density at radius 2 is 1.94 bits per heavy atom. The lowest BCUT2D eigenvalue weighted by molar-refractivity contribution is -0.137. The molecule has 1 aromatic heterocycles. The van der Waals surface area contributed by atoms with Crippen LogP contribution in [0.4, 0.5) is 32.0 Å². The zero-order valence-electron chi connectivity index (χ0n) is 17.9. The van der Waals surface area contributed by atoms with Gasteiger partial charge in [-0.3, -0.25) is 9.98 Å². The molecule has 4 nitrogen and oxygen atoms in total. The monoisotopic (exact) mass is 470 g/mol. The first kappa shape index (κ1) is 24.8. The zero-order chi connectivity index (χ0) is 24.6. The Labute approximate surface area is 187 Å². The number of alkyl halides is 5. The minimum Gasteiger partial charge on any atom is -0.354 e. The molecule has 178 valence electrons. The lowest BCUT2D eigenvalue weighted by atomic mass is 9.76. The number of nitrogens with zero attached hydrogens (tertiary/aromatic N) is 2. The van der Waals surface area contributed by atoms with E-state index in [1.54, 1.807) is 0 Å². The normalized spacial score (nSPS) is 23.4. The minimum absolute atomic E-state index is 0.0675. The molecule has 0 amide bonds. The van der Waals surface area contributed by atoms with Crippen LogP contribution in [0.5, 0.6) is 0 Å². The van der Waals surface area contributed by atoms with Gasteiger partial charge in [0.05, 0.1) is 22.5 Å². The summed E-state index contributed by atoms with van der Waals surface area (Å²) in [6, 6.07) is 5.99. The molecule has 0 spiro atoms. The third-order valence-corrected chi connectivity index (χ3v) is 6.25. The summed E-state index contributed by atoms with van der Waals surface area (Å²) >= 11 is 0. The van der Waals surface area contributed by atoms with E-state index in [0.717, 1.165) is 25.1 Å². The van der Waals surface area contributed by atoms with Crippen LogP contribution < -0.4 is 11.1 Å². The number of halogens is 6. The highest BCUT2D eigenvalue weighted by Crippen LogP contribution is 2.54. The van der Waals surface area contributed by atoms with Gasteiger partial charge >= 0.3 is 6.18 Å². The summed E-state index contributed by atoms with van der Waals surface area (Å²) in [4.78, 5) is 7.87. The SMILES string of the molecule is C=NC1(c2cc(NC(=C)c3ccc(C(F)(F)F)cn3)ccc2F)CCC(C(C)(F)F)C1CN. The molecule has 3 N–H and O–H groups in total. The molecule has 0 bridgehead atoms. The van der Waals surface area contributed by atoms with Crippen LogP contribution in [-0.2, 0) is 11.7 Å². The second-order valence-corrected chi connectivity index (χ2v) is 8.25. The van der Waals surface area contributed by atoms with Crippen molar-refractivity contribution in [2.45, 2.75) is 37.4 Å². The first-order valence-corrected chi connectivity index (χ1v) is 10.2. The molecule has 0 aliphatic heterocycles. The topological polar surface area (TPSA) is 63.3 Å². The largest absolute Gasteiger partial charge is 0.417 e. The Morgan fingerprint density at radius 1 is 1.24 bits per heavy atom. The highest BCUT2D eigenvalue weighted by Gasteiger charge is 2.56. The Morgan fingerprint density at radius 3 is 2.45 bits per heavy atom. The molecule has 3 atom stereocenters. The van der Waals surface area contributed by atoms with Crippen molar-refractivity contribution in [3.8, 4) is 0 Å². The first-order valence-electron chi connectivity index (χ1n) is 10.2. The number of aromatic nitrogens is 1. The lowest BCUT2D eigenvalue weighted by Crippen LogP contribution is -2.41. The number of hydrogen-bond acceptors (Lipinski definition) is 4. The van der Waals surface area contributed by atoms with Crippen LogP contribution in [-0.4, -0.2) is 24.2 Å². The van der Waals surface area contributed by atoms with Crippen LogP contribution in [0.15, 0.2) is 48.1 Å². The summed E-state index contributed by atoms with van der Waals surface area (Å²) < 4.78 is 81.5. The average Bonchev–Trinajstić information content (AvgIpc) is 3.14. The Kier molecular flexibility index (Phi) is 6.61. The first-order chi connectivity index (χ1) is 15.3. The summed E-state index contributed by atoms with van der Waals surface area (Å²) in [5.41, 5.74) is 4.31. The van der Waals surface area contributed by atoms with Gasteiger partial charge in [0.2, 0.25) is 5.92 Å². The minimum atomic E-state index is -4.52. The molecule has 0 saturated heterocycles. The molecule has 1 aliphatic rings. The molecule has 10 heteroatoms. The number of aliphatic imine (C=N–C) groups is 1. The molecule has 1 fully saturated rings. The molecular formula is C23H24F6N4. The molecule has 1 aromatic carbocycles. The number of pyridine rings is 1. The van der Waals surface area contributed by atoms with Gasteiger partial charge < -0.3 is 11.1 Å². The molecule has 0 radical (unpaired) electrons. The second kappa shape index (κ2) is 8.81.